The molecule has 0 unspecified atom stereocenters. The summed E-state index contributed by atoms with van der Waals surface area (Å²) in [6, 6.07) is 7.58. The average Bonchev–Trinajstić information content (AvgIpc) is 3.25. The fourth-order valence-corrected chi connectivity index (χ4v) is 2.38. The monoisotopic (exact) mass is 302 g/mol. The van der Waals surface area contributed by atoms with E-state index in [-0.39, 0.29) is 36.6 Å². The van der Waals surface area contributed by atoms with E-state index in [2.05, 4.69) is 0 Å². The van der Waals surface area contributed by atoms with E-state index >= 15 is 0 Å². The highest BCUT2D eigenvalue weighted by Gasteiger charge is 2.51. The third-order valence-electron chi connectivity index (χ3n) is 4.82. The summed E-state index contributed by atoms with van der Waals surface area (Å²) in [5, 5.41) is 0. The fourth-order valence-electron chi connectivity index (χ4n) is 2.38. The Balaban J connectivity index is 1.61. The molecule has 1 aromatic rings. The number of Topliss-reactive ketones (excluding diaryl/α,β-unsaturated/α-hetero) is 1. The lowest BCUT2D eigenvalue weighted by Gasteiger charge is -2.32. The quantitative estimate of drug-likeness (QED) is 0.783. The standard InChI is InChI=1S/C17H23BO4/c1-16(2)17(3,4)22-18(21-16)13-7-9-14(10-8-13)20-11-15(19)12-5-6-12/h7-10,12H,5-6,11H2,1-4H3. The van der Waals surface area contributed by atoms with Gasteiger partial charge in [-0.1, -0.05) is 12.1 Å². The highest BCUT2D eigenvalue weighted by Crippen LogP contribution is 2.36. The van der Waals surface area contributed by atoms with Crippen LogP contribution < -0.4 is 10.2 Å². The molecule has 1 heterocycles. The van der Waals surface area contributed by atoms with Gasteiger partial charge in [0.25, 0.3) is 0 Å². The molecule has 2 fully saturated rings. The zero-order valence-electron chi connectivity index (χ0n) is 13.7. The van der Waals surface area contributed by atoms with Crippen LogP contribution in [-0.2, 0) is 14.1 Å². The van der Waals surface area contributed by atoms with Crippen molar-refractivity contribution in [2.24, 2.45) is 5.92 Å². The minimum Gasteiger partial charge on any atom is -0.486 e. The third-order valence-corrected chi connectivity index (χ3v) is 4.82. The zero-order chi connectivity index (χ0) is 16.0. The number of carbonyl (C=O) groups excluding carboxylic acids is 1. The van der Waals surface area contributed by atoms with Crippen LogP contribution in [0.15, 0.2) is 24.3 Å². The van der Waals surface area contributed by atoms with Gasteiger partial charge in [-0.05, 0) is 58.1 Å². The van der Waals surface area contributed by atoms with Crippen molar-refractivity contribution in [1.82, 2.24) is 0 Å². The Morgan fingerprint density at radius 3 is 2.18 bits per heavy atom. The molecule has 22 heavy (non-hydrogen) atoms. The normalized spacial score (nSPS) is 22.6. The molecule has 0 N–H and O–H groups in total. The molecule has 118 valence electrons. The van der Waals surface area contributed by atoms with Gasteiger partial charge in [-0.2, -0.15) is 0 Å². The summed E-state index contributed by atoms with van der Waals surface area (Å²) in [7, 11) is -0.368. The zero-order valence-corrected chi connectivity index (χ0v) is 13.7. The van der Waals surface area contributed by atoms with Crippen LogP contribution in [0.25, 0.3) is 0 Å². The Bertz CT molecular complexity index is 545. The van der Waals surface area contributed by atoms with Crippen LogP contribution in [0.1, 0.15) is 40.5 Å². The molecule has 2 aliphatic rings. The van der Waals surface area contributed by atoms with Crippen LogP contribution >= 0.6 is 0 Å². The predicted molar refractivity (Wildman–Crippen MR) is 85.4 cm³/mol. The molecule has 0 aromatic heterocycles. The van der Waals surface area contributed by atoms with E-state index < -0.39 is 0 Å². The van der Waals surface area contributed by atoms with Gasteiger partial charge in [-0.15, -0.1) is 0 Å². The van der Waals surface area contributed by atoms with Crippen molar-refractivity contribution in [2.75, 3.05) is 6.61 Å². The number of hydrogen-bond donors (Lipinski definition) is 0. The van der Waals surface area contributed by atoms with Crippen LogP contribution in [0.3, 0.4) is 0 Å². The molecule has 1 aliphatic carbocycles. The first-order valence-corrected chi connectivity index (χ1v) is 7.90. The van der Waals surface area contributed by atoms with E-state index in [1.807, 2.05) is 52.0 Å². The molecule has 0 amide bonds. The van der Waals surface area contributed by atoms with Crippen LogP contribution in [0.5, 0.6) is 5.75 Å². The number of carbonyl (C=O) groups is 1. The van der Waals surface area contributed by atoms with Gasteiger partial charge in [0.1, 0.15) is 12.4 Å². The lowest BCUT2D eigenvalue weighted by Crippen LogP contribution is -2.41. The number of benzene rings is 1. The van der Waals surface area contributed by atoms with E-state index in [0.29, 0.717) is 5.75 Å². The summed E-state index contributed by atoms with van der Waals surface area (Å²) < 4.78 is 17.6. The van der Waals surface area contributed by atoms with Crippen molar-refractivity contribution in [1.29, 1.82) is 0 Å². The number of ether oxygens (including phenoxy) is 1. The maximum atomic E-state index is 11.6. The molecule has 0 bridgehead atoms. The summed E-state index contributed by atoms with van der Waals surface area (Å²) in [5.41, 5.74) is 0.270. The summed E-state index contributed by atoms with van der Waals surface area (Å²) in [6.45, 7) is 8.31. The van der Waals surface area contributed by atoms with Gasteiger partial charge in [-0.3, -0.25) is 4.79 Å². The summed E-state index contributed by atoms with van der Waals surface area (Å²) in [6.07, 6.45) is 2.03. The second kappa shape index (κ2) is 5.39. The van der Waals surface area contributed by atoms with Gasteiger partial charge in [0, 0.05) is 5.92 Å². The molecule has 1 aromatic carbocycles. The fraction of sp³-hybridized carbons (Fsp3) is 0.588. The van der Waals surface area contributed by atoms with Crippen molar-refractivity contribution in [3.63, 3.8) is 0 Å². The highest BCUT2D eigenvalue weighted by atomic mass is 16.7. The Labute approximate surface area is 132 Å². The molecule has 4 nitrogen and oxygen atoms in total. The molecule has 0 spiro atoms. The van der Waals surface area contributed by atoms with E-state index in [4.69, 9.17) is 14.0 Å². The van der Waals surface area contributed by atoms with Crippen molar-refractivity contribution in [3.8, 4) is 5.75 Å². The lowest BCUT2D eigenvalue weighted by molar-refractivity contribution is -0.122. The molecule has 1 aliphatic heterocycles. The predicted octanol–water partition coefficient (Wildman–Crippen LogP) is 2.34. The molecular weight excluding hydrogens is 279 g/mol. The van der Waals surface area contributed by atoms with Crippen molar-refractivity contribution in [2.45, 2.75) is 51.7 Å². The van der Waals surface area contributed by atoms with Gasteiger partial charge in [0.15, 0.2) is 5.78 Å². The Morgan fingerprint density at radius 1 is 1.14 bits per heavy atom. The first kappa shape index (κ1) is 15.6. The number of ketones is 1. The van der Waals surface area contributed by atoms with Crippen LogP contribution in [0.2, 0.25) is 0 Å². The molecule has 3 rings (SSSR count). The van der Waals surface area contributed by atoms with Gasteiger partial charge in [-0.25, -0.2) is 0 Å². The van der Waals surface area contributed by atoms with Gasteiger partial charge < -0.3 is 14.0 Å². The third kappa shape index (κ3) is 3.06. The largest absolute Gasteiger partial charge is 0.494 e. The summed E-state index contributed by atoms with van der Waals surface area (Å²) >= 11 is 0. The smallest absolute Gasteiger partial charge is 0.486 e. The van der Waals surface area contributed by atoms with Crippen LogP contribution in [0, 0.1) is 5.92 Å². The molecule has 1 saturated carbocycles. The highest BCUT2D eigenvalue weighted by molar-refractivity contribution is 6.62. The van der Waals surface area contributed by atoms with Crippen LogP contribution in [-0.4, -0.2) is 30.7 Å². The van der Waals surface area contributed by atoms with Gasteiger partial charge >= 0.3 is 7.12 Å². The molecule has 0 atom stereocenters. The topological polar surface area (TPSA) is 44.8 Å². The maximum absolute atomic E-state index is 11.6. The lowest BCUT2D eigenvalue weighted by atomic mass is 9.79. The molecule has 0 radical (unpaired) electrons. The Morgan fingerprint density at radius 2 is 1.68 bits per heavy atom. The SMILES string of the molecule is CC1(C)OB(c2ccc(OCC(=O)C3CC3)cc2)OC1(C)C. The second-order valence-electron chi connectivity index (χ2n) is 7.19. The van der Waals surface area contributed by atoms with Gasteiger partial charge in [0.2, 0.25) is 0 Å². The number of rotatable bonds is 5. The minimum absolute atomic E-state index is 0.167. The first-order chi connectivity index (χ1) is 10.3. The Kier molecular flexibility index (Phi) is 3.81. The maximum Gasteiger partial charge on any atom is 0.494 e. The molecular formula is C17H23BO4. The molecule has 1 saturated heterocycles. The first-order valence-electron chi connectivity index (χ1n) is 7.90. The van der Waals surface area contributed by atoms with Crippen molar-refractivity contribution >= 4 is 18.4 Å². The summed E-state index contributed by atoms with van der Waals surface area (Å²) in [5.74, 6) is 1.15. The van der Waals surface area contributed by atoms with Gasteiger partial charge in [0.05, 0.1) is 11.2 Å². The van der Waals surface area contributed by atoms with E-state index in [9.17, 15) is 4.79 Å². The van der Waals surface area contributed by atoms with E-state index in [1.165, 1.54) is 0 Å². The minimum atomic E-state index is -0.368. The average molecular weight is 302 g/mol. The van der Waals surface area contributed by atoms with E-state index in [1.54, 1.807) is 0 Å². The second-order valence-corrected chi connectivity index (χ2v) is 7.19. The van der Waals surface area contributed by atoms with Crippen molar-refractivity contribution in [3.05, 3.63) is 24.3 Å². The van der Waals surface area contributed by atoms with Crippen molar-refractivity contribution < 1.29 is 18.8 Å². The number of hydrogen-bond acceptors (Lipinski definition) is 4. The summed E-state index contributed by atoms with van der Waals surface area (Å²) in [4.78, 5) is 11.6. The van der Waals surface area contributed by atoms with Crippen LogP contribution in [0.4, 0.5) is 0 Å². The molecule has 5 heteroatoms. The van der Waals surface area contributed by atoms with E-state index in [0.717, 1.165) is 18.3 Å². The Hall–Kier alpha value is -1.33.